The summed E-state index contributed by atoms with van der Waals surface area (Å²) in [6.45, 7) is 8.22. The third kappa shape index (κ3) is 4.52. The van der Waals surface area contributed by atoms with Gasteiger partial charge in [0.25, 0.3) is 11.8 Å². The molecule has 0 unspecified atom stereocenters. The molecule has 0 saturated carbocycles. The number of furan rings is 1. The second-order valence-corrected chi connectivity index (χ2v) is 6.95. The molecule has 7 heteroatoms. The minimum absolute atomic E-state index is 0.0546. The van der Waals surface area contributed by atoms with E-state index < -0.39 is 0 Å². The maximum atomic E-state index is 12.8. The number of hydrogen-bond donors (Lipinski definition) is 0. The van der Waals surface area contributed by atoms with Crippen molar-refractivity contribution in [2.45, 2.75) is 26.7 Å². The number of rotatable bonds is 7. The minimum Gasteiger partial charge on any atom is -0.459 e. The Morgan fingerprint density at radius 1 is 1.11 bits per heavy atom. The van der Waals surface area contributed by atoms with Crippen molar-refractivity contribution in [3.05, 3.63) is 48.0 Å². The van der Waals surface area contributed by atoms with E-state index in [2.05, 4.69) is 23.7 Å². The first kappa shape index (κ1) is 19.9. The normalized spacial score (nSPS) is 14.2. The van der Waals surface area contributed by atoms with Crippen LogP contribution in [0.1, 0.15) is 47.6 Å². The molecule has 0 radical (unpaired) electrons. The van der Waals surface area contributed by atoms with Crippen molar-refractivity contribution in [3.63, 3.8) is 0 Å². The summed E-state index contributed by atoms with van der Waals surface area (Å²) in [4.78, 5) is 35.5. The van der Waals surface area contributed by atoms with Crippen LogP contribution in [-0.2, 0) is 0 Å². The van der Waals surface area contributed by atoms with E-state index in [-0.39, 0.29) is 11.8 Å². The van der Waals surface area contributed by atoms with Gasteiger partial charge in [0.05, 0.1) is 6.26 Å². The van der Waals surface area contributed by atoms with Crippen molar-refractivity contribution in [2.24, 2.45) is 0 Å². The second kappa shape index (κ2) is 9.39. The first-order chi connectivity index (χ1) is 13.6. The highest BCUT2D eigenvalue weighted by atomic mass is 16.3. The fraction of sp³-hybridized carbons (Fsp3) is 0.476. The van der Waals surface area contributed by atoms with Crippen molar-refractivity contribution < 1.29 is 14.0 Å². The van der Waals surface area contributed by atoms with Gasteiger partial charge < -0.3 is 19.1 Å². The molecule has 0 spiro atoms. The molecule has 3 rings (SSSR count). The molecular formula is C21H28N4O3. The Hall–Kier alpha value is -2.83. The zero-order chi connectivity index (χ0) is 19.9. The van der Waals surface area contributed by atoms with Gasteiger partial charge in [0.2, 0.25) is 0 Å². The van der Waals surface area contributed by atoms with E-state index >= 15 is 0 Å². The molecule has 7 nitrogen and oxygen atoms in total. The van der Waals surface area contributed by atoms with E-state index in [1.54, 1.807) is 29.3 Å². The van der Waals surface area contributed by atoms with Crippen LogP contribution in [0.3, 0.4) is 0 Å². The molecule has 150 valence electrons. The van der Waals surface area contributed by atoms with Crippen molar-refractivity contribution in [3.8, 4) is 0 Å². The monoisotopic (exact) mass is 384 g/mol. The summed E-state index contributed by atoms with van der Waals surface area (Å²) < 4.78 is 5.20. The van der Waals surface area contributed by atoms with Crippen LogP contribution in [0.4, 0.5) is 5.82 Å². The smallest absolute Gasteiger partial charge is 0.289 e. The van der Waals surface area contributed by atoms with Crippen LogP contribution in [-0.4, -0.2) is 65.9 Å². The van der Waals surface area contributed by atoms with Gasteiger partial charge in [0.15, 0.2) is 5.76 Å². The van der Waals surface area contributed by atoms with Crippen molar-refractivity contribution >= 4 is 17.6 Å². The van der Waals surface area contributed by atoms with Crippen molar-refractivity contribution in [1.82, 2.24) is 14.8 Å². The number of pyridine rings is 1. The predicted molar refractivity (Wildman–Crippen MR) is 108 cm³/mol. The molecule has 2 aromatic rings. The Balaban J connectivity index is 1.64. The van der Waals surface area contributed by atoms with E-state index in [4.69, 9.17) is 4.42 Å². The highest BCUT2D eigenvalue weighted by Gasteiger charge is 2.25. The molecule has 28 heavy (non-hydrogen) atoms. The molecule has 0 atom stereocenters. The number of aromatic nitrogens is 1. The lowest BCUT2D eigenvalue weighted by Gasteiger charge is -2.35. The molecule has 0 aromatic carbocycles. The summed E-state index contributed by atoms with van der Waals surface area (Å²) in [6, 6.07) is 7.05. The number of carbonyl (C=O) groups is 2. The number of amides is 2. The van der Waals surface area contributed by atoms with Gasteiger partial charge in [-0.3, -0.25) is 9.59 Å². The third-order valence-electron chi connectivity index (χ3n) is 4.89. The van der Waals surface area contributed by atoms with Crippen molar-refractivity contribution in [1.29, 1.82) is 0 Å². The lowest BCUT2D eigenvalue weighted by Crippen LogP contribution is -2.49. The maximum Gasteiger partial charge on any atom is 0.289 e. The predicted octanol–water partition coefficient (Wildman–Crippen LogP) is 2.90. The number of anilines is 1. The first-order valence-electron chi connectivity index (χ1n) is 9.97. The zero-order valence-corrected chi connectivity index (χ0v) is 16.6. The van der Waals surface area contributed by atoms with E-state index in [0.29, 0.717) is 37.5 Å². The Kier molecular flexibility index (Phi) is 6.68. The van der Waals surface area contributed by atoms with E-state index in [1.165, 1.54) is 6.26 Å². The second-order valence-electron chi connectivity index (χ2n) is 6.95. The maximum absolute atomic E-state index is 12.8. The number of hydrogen-bond acceptors (Lipinski definition) is 5. The largest absolute Gasteiger partial charge is 0.459 e. The van der Waals surface area contributed by atoms with Gasteiger partial charge >= 0.3 is 0 Å². The summed E-state index contributed by atoms with van der Waals surface area (Å²) in [6.07, 6.45) is 5.08. The summed E-state index contributed by atoms with van der Waals surface area (Å²) in [5.74, 6) is 1.12. The molecule has 0 bridgehead atoms. The average molecular weight is 384 g/mol. The molecule has 2 aromatic heterocycles. The van der Waals surface area contributed by atoms with E-state index in [0.717, 1.165) is 31.7 Å². The van der Waals surface area contributed by atoms with Crippen LogP contribution >= 0.6 is 0 Å². The Bertz CT molecular complexity index is 777. The van der Waals surface area contributed by atoms with Gasteiger partial charge in [-0.05, 0) is 37.1 Å². The van der Waals surface area contributed by atoms with Gasteiger partial charge in [0, 0.05) is 51.0 Å². The summed E-state index contributed by atoms with van der Waals surface area (Å²) in [5.41, 5.74) is 0.668. The lowest BCUT2D eigenvalue weighted by atomic mass is 10.2. The SMILES string of the molecule is CCCN(CCC)C(=O)c1ccnc(N2CCN(C(=O)c3ccco3)CC2)c1. The lowest BCUT2D eigenvalue weighted by molar-refractivity contribution is 0.0714. The summed E-state index contributed by atoms with van der Waals surface area (Å²) >= 11 is 0. The molecule has 1 fully saturated rings. The molecule has 3 heterocycles. The number of nitrogens with zero attached hydrogens (tertiary/aromatic N) is 4. The fourth-order valence-electron chi connectivity index (χ4n) is 3.46. The number of carbonyl (C=O) groups excluding carboxylic acids is 2. The van der Waals surface area contributed by atoms with Crippen molar-refractivity contribution in [2.75, 3.05) is 44.2 Å². The number of piperazine rings is 1. The Morgan fingerprint density at radius 3 is 2.43 bits per heavy atom. The molecule has 1 aliphatic rings. The van der Waals surface area contributed by atoms with E-state index in [1.807, 2.05) is 11.0 Å². The van der Waals surface area contributed by atoms with Crippen LogP contribution in [0, 0.1) is 0 Å². The highest BCUT2D eigenvalue weighted by Crippen LogP contribution is 2.18. The van der Waals surface area contributed by atoms with Gasteiger partial charge in [-0.25, -0.2) is 4.98 Å². The van der Waals surface area contributed by atoms with Crippen LogP contribution in [0.25, 0.3) is 0 Å². The van der Waals surface area contributed by atoms with Crippen LogP contribution in [0.15, 0.2) is 41.1 Å². The van der Waals surface area contributed by atoms with Crippen LogP contribution < -0.4 is 4.90 Å². The Morgan fingerprint density at radius 2 is 1.82 bits per heavy atom. The summed E-state index contributed by atoms with van der Waals surface area (Å²) in [7, 11) is 0. The summed E-state index contributed by atoms with van der Waals surface area (Å²) in [5, 5.41) is 0. The minimum atomic E-state index is -0.0867. The van der Waals surface area contributed by atoms with Gasteiger partial charge in [-0.1, -0.05) is 13.8 Å². The van der Waals surface area contributed by atoms with Gasteiger partial charge in [-0.15, -0.1) is 0 Å². The topological polar surface area (TPSA) is 69.9 Å². The third-order valence-corrected chi connectivity index (χ3v) is 4.89. The quantitative estimate of drug-likeness (QED) is 0.734. The Labute approximate surface area is 165 Å². The molecule has 1 aliphatic heterocycles. The van der Waals surface area contributed by atoms with E-state index in [9.17, 15) is 9.59 Å². The van der Waals surface area contributed by atoms with Crippen LogP contribution in [0.2, 0.25) is 0 Å². The molecule has 1 saturated heterocycles. The van der Waals surface area contributed by atoms with Crippen LogP contribution in [0.5, 0.6) is 0 Å². The van der Waals surface area contributed by atoms with Gasteiger partial charge in [-0.2, -0.15) is 0 Å². The molecule has 0 N–H and O–H groups in total. The zero-order valence-electron chi connectivity index (χ0n) is 16.6. The highest BCUT2D eigenvalue weighted by molar-refractivity contribution is 5.95. The molecular weight excluding hydrogens is 356 g/mol. The molecule has 2 amide bonds. The molecule has 0 aliphatic carbocycles. The fourth-order valence-corrected chi connectivity index (χ4v) is 3.46. The van der Waals surface area contributed by atoms with Gasteiger partial charge in [0.1, 0.15) is 5.82 Å². The average Bonchev–Trinajstić information content (AvgIpc) is 3.28. The first-order valence-corrected chi connectivity index (χ1v) is 9.97. The standard InChI is InChI=1S/C21H28N4O3/c1-3-9-24(10-4-2)20(26)17-7-8-22-19(16-17)23-11-13-25(14-12-23)21(27)18-6-5-15-28-18/h5-8,15-16H,3-4,9-14H2,1-2H3.